The fraction of sp³-hybridized carbons (Fsp3) is 0.600. The quantitative estimate of drug-likeness (QED) is 0.421. The second-order valence-corrected chi connectivity index (χ2v) is 8.27. The van der Waals surface area contributed by atoms with Crippen molar-refractivity contribution >= 4 is 23.2 Å². The second-order valence-electron chi connectivity index (χ2n) is 7.10. The van der Waals surface area contributed by atoms with Crippen molar-refractivity contribution in [3.63, 3.8) is 0 Å². The number of aryl methyl sites for hydroxylation is 1. The molecule has 1 aliphatic heterocycles. The van der Waals surface area contributed by atoms with Crippen LogP contribution in [0, 0.1) is 0 Å². The van der Waals surface area contributed by atoms with Gasteiger partial charge < -0.3 is 15.1 Å². The number of aliphatic hydroxyl groups excluding tert-OH is 1. The van der Waals surface area contributed by atoms with Crippen LogP contribution >= 0.6 is 11.3 Å². The van der Waals surface area contributed by atoms with Crippen LogP contribution in [0.3, 0.4) is 0 Å². The van der Waals surface area contributed by atoms with Gasteiger partial charge in [-0.1, -0.05) is 38.3 Å². The van der Waals surface area contributed by atoms with E-state index in [2.05, 4.69) is 6.92 Å². The van der Waals surface area contributed by atoms with E-state index in [-0.39, 0.29) is 11.4 Å². The van der Waals surface area contributed by atoms with Crippen molar-refractivity contribution in [2.45, 2.75) is 69.9 Å². The van der Waals surface area contributed by atoms with Crippen molar-refractivity contribution in [1.29, 1.82) is 0 Å². The second kappa shape index (κ2) is 10.1. The lowest BCUT2D eigenvalue weighted by molar-refractivity contribution is -0.148. The Morgan fingerprint density at radius 2 is 2.14 bits per heavy atom. The number of thiophene rings is 1. The summed E-state index contributed by atoms with van der Waals surface area (Å²) in [5.74, 6) is -5.56. The number of carboxylic acids is 1. The van der Waals surface area contributed by atoms with E-state index in [1.165, 1.54) is 23.1 Å². The van der Waals surface area contributed by atoms with Crippen molar-refractivity contribution < 1.29 is 28.6 Å². The Labute approximate surface area is 167 Å². The molecule has 2 heterocycles. The first-order chi connectivity index (χ1) is 13.2. The number of amides is 1. The third-order valence-electron chi connectivity index (χ3n) is 4.79. The summed E-state index contributed by atoms with van der Waals surface area (Å²) in [4.78, 5) is 25.2. The van der Waals surface area contributed by atoms with Crippen LogP contribution in [0.5, 0.6) is 0 Å². The number of hydrogen-bond acceptors (Lipinski definition) is 4. The van der Waals surface area contributed by atoms with Crippen molar-refractivity contribution in [3.05, 3.63) is 34.0 Å². The topological polar surface area (TPSA) is 77.8 Å². The number of rotatable bonds is 11. The zero-order valence-electron chi connectivity index (χ0n) is 15.9. The molecule has 0 saturated carbocycles. The van der Waals surface area contributed by atoms with Crippen molar-refractivity contribution in [1.82, 2.24) is 4.90 Å². The number of unbranched alkanes of at least 4 members (excludes halogenated alkanes) is 2. The van der Waals surface area contributed by atoms with Crippen LogP contribution in [0.4, 0.5) is 8.78 Å². The first-order valence-electron chi connectivity index (χ1n) is 9.62. The number of aliphatic hydroxyl groups is 1. The Balaban J connectivity index is 1.92. The van der Waals surface area contributed by atoms with E-state index >= 15 is 0 Å². The van der Waals surface area contributed by atoms with Gasteiger partial charge in [0.25, 0.3) is 5.91 Å². The van der Waals surface area contributed by atoms with Gasteiger partial charge in [-0.2, -0.15) is 8.78 Å². The first-order valence-corrected chi connectivity index (χ1v) is 10.4. The lowest BCUT2D eigenvalue weighted by Gasteiger charge is -2.21. The number of aromatic carboxylic acids is 1. The van der Waals surface area contributed by atoms with Gasteiger partial charge in [0.05, 0.1) is 12.1 Å². The summed E-state index contributed by atoms with van der Waals surface area (Å²) >= 11 is 1.15. The van der Waals surface area contributed by atoms with Gasteiger partial charge in [0.1, 0.15) is 4.88 Å². The highest BCUT2D eigenvalue weighted by atomic mass is 32.1. The van der Waals surface area contributed by atoms with E-state index < -0.39 is 36.4 Å². The molecular weight excluding hydrogens is 388 g/mol. The van der Waals surface area contributed by atoms with Crippen molar-refractivity contribution in [3.8, 4) is 0 Å². The van der Waals surface area contributed by atoms with Gasteiger partial charge in [-0.25, -0.2) is 4.79 Å². The Morgan fingerprint density at radius 1 is 1.39 bits per heavy atom. The van der Waals surface area contributed by atoms with Gasteiger partial charge in [0.2, 0.25) is 0 Å². The summed E-state index contributed by atoms with van der Waals surface area (Å²) in [6.45, 7) is 2.22. The third kappa shape index (κ3) is 6.10. The molecule has 0 aromatic carbocycles. The van der Waals surface area contributed by atoms with E-state index in [0.717, 1.165) is 35.5 Å². The molecule has 1 aromatic rings. The smallest absolute Gasteiger partial charge is 0.345 e. The lowest BCUT2D eigenvalue weighted by atomic mass is 10.1. The molecule has 0 radical (unpaired) electrons. The van der Waals surface area contributed by atoms with Crippen LogP contribution in [0.25, 0.3) is 0 Å². The van der Waals surface area contributed by atoms with Crippen LogP contribution < -0.4 is 0 Å². The summed E-state index contributed by atoms with van der Waals surface area (Å²) < 4.78 is 27.8. The predicted octanol–water partition coefficient (Wildman–Crippen LogP) is 4.11. The first kappa shape index (κ1) is 22.5. The molecule has 2 atom stereocenters. The Morgan fingerprint density at radius 3 is 2.79 bits per heavy atom. The zero-order valence-corrected chi connectivity index (χ0v) is 16.8. The van der Waals surface area contributed by atoms with Crippen LogP contribution in [0.15, 0.2) is 24.3 Å². The molecule has 1 aliphatic rings. The summed E-state index contributed by atoms with van der Waals surface area (Å²) in [5, 5.41) is 18.9. The minimum Gasteiger partial charge on any atom is -0.477 e. The molecule has 156 valence electrons. The number of hydrogen-bond donors (Lipinski definition) is 2. The Hall–Kier alpha value is -1.80. The molecule has 0 unspecified atom stereocenters. The number of carboxylic acid groups (broad SMARTS) is 1. The van der Waals surface area contributed by atoms with Crippen molar-refractivity contribution in [2.24, 2.45) is 0 Å². The van der Waals surface area contributed by atoms with Crippen LogP contribution in [-0.4, -0.2) is 51.6 Å². The van der Waals surface area contributed by atoms with E-state index in [1.54, 1.807) is 6.07 Å². The van der Waals surface area contributed by atoms with E-state index in [9.17, 15) is 23.5 Å². The van der Waals surface area contributed by atoms with Gasteiger partial charge in [-0.05, 0) is 31.4 Å². The van der Waals surface area contributed by atoms with Gasteiger partial charge in [0, 0.05) is 17.8 Å². The lowest BCUT2D eigenvalue weighted by Crippen LogP contribution is -2.36. The van der Waals surface area contributed by atoms with Crippen LogP contribution in [-0.2, 0) is 11.2 Å². The fourth-order valence-electron chi connectivity index (χ4n) is 3.27. The fourth-order valence-corrected chi connectivity index (χ4v) is 4.16. The van der Waals surface area contributed by atoms with Gasteiger partial charge in [0.15, 0.2) is 0 Å². The molecule has 28 heavy (non-hydrogen) atoms. The van der Waals surface area contributed by atoms with E-state index in [0.29, 0.717) is 19.3 Å². The number of likely N-dealkylation sites (tertiary alicyclic amines) is 1. The molecule has 8 heteroatoms. The monoisotopic (exact) mass is 415 g/mol. The third-order valence-corrected chi connectivity index (χ3v) is 5.93. The molecule has 0 spiro atoms. The zero-order chi connectivity index (χ0) is 20.7. The molecular formula is C20H27F2NO4S. The molecule has 1 saturated heterocycles. The van der Waals surface area contributed by atoms with E-state index in [1.807, 2.05) is 0 Å². The number of carbonyl (C=O) groups is 2. The molecule has 2 rings (SSSR count). The van der Waals surface area contributed by atoms with E-state index in [4.69, 9.17) is 5.11 Å². The molecule has 1 aromatic heterocycles. The molecule has 2 N–H and O–H groups in total. The molecule has 1 amide bonds. The molecule has 0 bridgehead atoms. The van der Waals surface area contributed by atoms with Crippen molar-refractivity contribution in [2.75, 3.05) is 6.54 Å². The molecule has 5 nitrogen and oxygen atoms in total. The summed E-state index contributed by atoms with van der Waals surface area (Å²) in [5.41, 5.74) is 0. The van der Waals surface area contributed by atoms with Gasteiger partial charge in [-0.15, -0.1) is 11.3 Å². The minimum absolute atomic E-state index is 0.162. The van der Waals surface area contributed by atoms with Crippen LogP contribution in [0.2, 0.25) is 0 Å². The summed E-state index contributed by atoms with van der Waals surface area (Å²) in [7, 11) is 0. The minimum atomic E-state index is -3.39. The average molecular weight is 416 g/mol. The highest BCUT2D eigenvalue weighted by molar-refractivity contribution is 7.13. The number of carbonyl (C=O) groups excluding carboxylic acids is 1. The predicted molar refractivity (Wildman–Crippen MR) is 104 cm³/mol. The maximum atomic E-state index is 13.9. The summed E-state index contributed by atoms with van der Waals surface area (Å²) in [6.07, 6.45) is 6.22. The summed E-state index contributed by atoms with van der Waals surface area (Å²) in [6, 6.07) is 2.49. The Kier molecular flexibility index (Phi) is 8.12. The average Bonchev–Trinajstić information content (AvgIpc) is 3.18. The largest absolute Gasteiger partial charge is 0.477 e. The van der Waals surface area contributed by atoms with Crippen LogP contribution in [0.1, 0.15) is 60.0 Å². The number of halogens is 2. The number of alkyl halides is 2. The highest BCUT2D eigenvalue weighted by Gasteiger charge is 2.52. The Bertz CT molecular complexity index is 704. The standard InChI is InChI=1S/C20H27F2NO4S/c1-2-3-4-6-15(24)9-8-14-13-20(21,22)19(27)23(14)12-5-7-16-10-11-17(28-16)18(25)26/h8-11,14-15,24H,2-7,12-13H2,1H3,(H,25,26)/t14-,15-/m0/s1. The molecule has 1 fully saturated rings. The maximum absolute atomic E-state index is 13.9. The van der Waals surface area contributed by atoms with Gasteiger partial charge in [-0.3, -0.25) is 4.79 Å². The molecule has 0 aliphatic carbocycles. The maximum Gasteiger partial charge on any atom is 0.345 e. The normalized spacial score (nSPS) is 20.2. The number of nitrogens with zero attached hydrogens (tertiary/aromatic N) is 1. The van der Waals surface area contributed by atoms with Gasteiger partial charge >= 0.3 is 11.9 Å². The highest BCUT2D eigenvalue weighted by Crippen LogP contribution is 2.34. The SMILES string of the molecule is CCCCC[C@H](O)C=C[C@H]1CC(F)(F)C(=O)N1CCCc1ccc(C(=O)O)s1.